The predicted octanol–water partition coefficient (Wildman–Crippen LogP) is 3.44. The van der Waals surface area contributed by atoms with Crippen molar-refractivity contribution in [3.05, 3.63) is 41.0 Å². The smallest absolute Gasteiger partial charge is 0.227 e. The van der Waals surface area contributed by atoms with E-state index in [1.54, 1.807) is 6.20 Å². The van der Waals surface area contributed by atoms with Crippen molar-refractivity contribution in [3.63, 3.8) is 0 Å². The van der Waals surface area contributed by atoms with Gasteiger partial charge in [0.15, 0.2) is 5.82 Å². The van der Waals surface area contributed by atoms with Gasteiger partial charge in [-0.2, -0.15) is 4.98 Å². The topological polar surface area (TPSA) is 70.6 Å². The number of ether oxygens (including phenoxy) is 1. The SMILES string of the molecule is CCN(C)c1ncc(Cl)c(N2CC[C@@H](Oc3ccc([C@H](C)NC(C)=O)cc3)C2)n1. The summed E-state index contributed by atoms with van der Waals surface area (Å²) in [5.41, 5.74) is 1.04. The van der Waals surface area contributed by atoms with Gasteiger partial charge in [0.25, 0.3) is 0 Å². The third kappa shape index (κ3) is 5.29. The fourth-order valence-electron chi connectivity index (χ4n) is 3.33. The van der Waals surface area contributed by atoms with Crippen LogP contribution in [0.15, 0.2) is 30.5 Å². The highest BCUT2D eigenvalue weighted by atomic mass is 35.5. The van der Waals surface area contributed by atoms with Crippen molar-refractivity contribution in [2.45, 2.75) is 39.3 Å². The van der Waals surface area contributed by atoms with E-state index in [1.807, 2.05) is 43.1 Å². The average molecular weight is 418 g/mol. The lowest BCUT2D eigenvalue weighted by atomic mass is 10.1. The number of carbonyl (C=O) groups excluding carboxylic acids is 1. The molecule has 2 atom stereocenters. The molecular formula is C21H28ClN5O2. The van der Waals surface area contributed by atoms with Crippen LogP contribution in [0.3, 0.4) is 0 Å². The van der Waals surface area contributed by atoms with Crippen molar-refractivity contribution in [3.8, 4) is 5.75 Å². The number of amides is 1. The van der Waals surface area contributed by atoms with E-state index < -0.39 is 0 Å². The lowest BCUT2D eigenvalue weighted by Crippen LogP contribution is -2.27. The molecule has 1 saturated heterocycles. The van der Waals surface area contributed by atoms with Gasteiger partial charge in [-0.1, -0.05) is 23.7 Å². The molecule has 3 rings (SSSR count). The molecule has 1 aromatic heterocycles. The normalized spacial score (nSPS) is 17.1. The van der Waals surface area contributed by atoms with E-state index in [9.17, 15) is 4.79 Å². The molecular weight excluding hydrogens is 390 g/mol. The molecule has 1 aromatic carbocycles. The Morgan fingerprint density at radius 2 is 2.14 bits per heavy atom. The summed E-state index contributed by atoms with van der Waals surface area (Å²) in [6, 6.07) is 7.83. The van der Waals surface area contributed by atoms with Crippen molar-refractivity contribution >= 4 is 29.3 Å². The van der Waals surface area contributed by atoms with E-state index in [0.717, 1.165) is 43.2 Å². The van der Waals surface area contributed by atoms with Crippen LogP contribution < -0.4 is 19.9 Å². The second-order valence-electron chi connectivity index (χ2n) is 7.32. The first-order chi connectivity index (χ1) is 13.9. The van der Waals surface area contributed by atoms with Crippen LogP contribution in [0.5, 0.6) is 5.75 Å². The van der Waals surface area contributed by atoms with Gasteiger partial charge in [-0.05, 0) is 31.5 Å². The zero-order chi connectivity index (χ0) is 21.0. The first-order valence-electron chi connectivity index (χ1n) is 9.89. The highest BCUT2D eigenvalue weighted by molar-refractivity contribution is 6.32. The summed E-state index contributed by atoms with van der Waals surface area (Å²) in [7, 11) is 1.96. The predicted molar refractivity (Wildman–Crippen MR) is 116 cm³/mol. The van der Waals surface area contributed by atoms with Gasteiger partial charge in [-0.15, -0.1) is 0 Å². The van der Waals surface area contributed by atoms with Gasteiger partial charge >= 0.3 is 0 Å². The van der Waals surface area contributed by atoms with E-state index in [-0.39, 0.29) is 18.1 Å². The average Bonchev–Trinajstić information content (AvgIpc) is 3.16. The van der Waals surface area contributed by atoms with Crippen LogP contribution in [-0.4, -0.2) is 48.7 Å². The molecule has 1 N–H and O–H groups in total. The number of hydrogen-bond acceptors (Lipinski definition) is 6. The molecule has 0 unspecified atom stereocenters. The largest absolute Gasteiger partial charge is 0.489 e. The number of anilines is 2. The van der Waals surface area contributed by atoms with Crippen LogP contribution >= 0.6 is 11.6 Å². The molecule has 0 saturated carbocycles. The van der Waals surface area contributed by atoms with Crippen molar-refractivity contribution in [1.29, 1.82) is 0 Å². The molecule has 1 aliphatic heterocycles. The summed E-state index contributed by atoms with van der Waals surface area (Å²) < 4.78 is 6.16. The summed E-state index contributed by atoms with van der Waals surface area (Å²) in [6.07, 6.45) is 2.62. The van der Waals surface area contributed by atoms with Crippen LogP contribution in [-0.2, 0) is 4.79 Å². The Morgan fingerprint density at radius 1 is 1.41 bits per heavy atom. The van der Waals surface area contributed by atoms with E-state index >= 15 is 0 Å². The Bertz CT molecular complexity index is 845. The second kappa shape index (κ2) is 9.31. The summed E-state index contributed by atoms with van der Waals surface area (Å²) in [6.45, 7) is 7.90. The lowest BCUT2D eigenvalue weighted by Gasteiger charge is -2.21. The van der Waals surface area contributed by atoms with Gasteiger partial charge in [-0.3, -0.25) is 4.79 Å². The van der Waals surface area contributed by atoms with E-state index in [1.165, 1.54) is 6.92 Å². The van der Waals surface area contributed by atoms with E-state index in [2.05, 4.69) is 27.1 Å². The number of benzene rings is 1. The lowest BCUT2D eigenvalue weighted by molar-refractivity contribution is -0.119. The highest BCUT2D eigenvalue weighted by Gasteiger charge is 2.27. The van der Waals surface area contributed by atoms with Crippen molar-refractivity contribution in [1.82, 2.24) is 15.3 Å². The Morgan fingerprint density at radius 3 is 2.79 bits per heavy atom. The standard InChI is InChI=1S/C21H28ClN5O2/c1-5-26(4)21-23-12-19(22)20(25-21)27-11-10-18(13-27)29-17-8-6-16(7-9-17)14(2)24-15(3)28/h6-9,12,14,18H,5,10-11,13H2,1-4H3,(H,24,28)/t14-,18+/m0/s1. The van der Waals surface area contributed by atoms with Gasteiger partial charge in [-0.25, -0.2) is 4.98 Å². The fourth-order valence-corrected chi connectivity index (χ4v) is 3.54. The van der Waals surface area contributed by atoms with Crippen LogP contribution in [0.25, 0.3) is 0 Å². The molecule has 0 radical (unpaired) electrons. The van der Waals surface area contributed by atoms with Gasteiger partial charge in [0.2, 0.25) is 11.9 Å². The van der Waals surface area contributed by atoms with E-state index in [0.29, 0.717) is 11.0 Å². The summed E-state index contributed by atoms with van der Waals surface area (Å²) in [5, 5.41) is 3.43. The van der Waals surface area contributed by atoms with Gasteiger partial charge in [0, 0.05) is 33.5 Å². The van der Waals surface area contributed by atoms with E-state index in [4.69, 9.17) is 16.3 Å². The minimum atomic E-state index is -0.0412. The Labute approximate surface area is 177 Å². The number of carbonyl (C=O) groups is 1. The molecule has 0 bridgehead atoms. The van der Waals surface area contributed by atoms with Crippen LogP contribution in [0.2, 0.25) is 5.02 Å². The molecule has 8 heteroatoms. The highest BCUT2D eigenvalue weighted by Crippen LogP contribution is 2.29. The molecule has 29 heavy (non-hydrogen) atoms. The summed E-state index contributed by atoms with van der Waals surface area (Å²) >= 11 is 6.36. The maximum atomic E-state index is 11.2. The molecule has 2 heterocycles. The summed E-state index contributed by atoms with van der Waals surface area (Å²) in [5.74, 6) is 2.19. The molecule has 7 nitrogen and oxygen atoms in total. The monoisotopic (exact) mass is 417 g/mol. The third-order valence-electron chi connectivity index (χ3n) is 5.08. The first kappa shape index (κ1) is 21.2. The van der Waals surface area contributed by atoms with Gasteiger partial charge in [0.1, 0.15) is 16.9 Å². The Hall–Kier alpha value is -2.54. The van der Waals surface area contributed by atoms with Gasteiger partial charge < -0.3 is 19.9 Å². The molecule has 1 amide bonds. The minimum Gasteiger partial charge on any atom is -0.489 e. The fraction of sp³-hybridized carbons (Fsp3) is 0.476. The maximum Gasteiger partial charge on any atom is 0.227 e. The molecule has 156 valence electrons. The number of aromatic nitrogens is 2. The number of halogens is 1. The number of nitrogens with one attached hydrogen (secondary N) is 1. The second-order valence-corrected chi connectivity index (χ2v) is 7.73. The molecule has 0 spiro atoms. The molecule has 2 aromatic rings. The van der Waals surface area contributed by atoms with Gasteiger partial charge in [0.05, 0.1) is 18.8 Å². The zero-order valence-electron chi connectivity index (χ0n) is 17.4. The number of rotatable bonds is 7. The third-order valence-corrected chi connectivity index (χ3v) is 5.34. The maximum absolute atomic E-state index is 11.2. The number of hydrogen-bond donors (Lipinski definition) is 1. The van der Waals surface area contributed by atoms with Crippen LogP contribution in [0.4, 0.5) is 11.8 Å². The minimum absolute atomic E-state index is 0.0288. The summed E-state index contributed by atoms with van der Waals surface area (Å²) in [4.78, 5) is 24.3. The quantitative estimate of drug-likeness (QED) is 0.744. The molecule has 1 aliphatic rings. The van der Waals surface area contributed by atoms with Crippen LogP contribution in [0, 0.1) is 0 Å². The van der Waals surface area contributed by atoms with Crippen LogP contribution in [0.1, 0.15) is 38.8 Å². The van der Waals surface area contributed by atoms with Crippen molar-refractivity contribution in [2.75, 3.05) is 36.5 Å². The van der Waals surface area contributed by atoms with Crippen molar-refractivity contribution < 1.29 is 9.53 Å². The zero-order valence-corrected chi connectivity index (χ0v) is 18.1. The molecule has 0 aliphatic carbocycles. The molecule has 1 fully saturated rings. The number of nitrogens with zero attached hydrogens (tertiary/aromatic N) is 4. The first-order valence-corrected chi connectivity index (χ1v) is 10.3. The Kier molecular flexibility index (Phi) is 6.79. The Balaban J connectivity index is 1.62. The van der Waals surface area contributed by atoms with Crippen molar-refractivity contribution in [2.24, 2.45) is 0 Å².